The third-order valence-electron chi connectivity index (χ3n) is 6.00. The molecule has 0 radical (unpaired) electrons. The van der Waals surface area contributed by atoms with Crippen molar-refractivity contribution in [2.75, 3.05) is 26.9 Å². The second kappa shape index (κ2) is 9.98. The van der Waals surface area contributed by atoms with E-state index in [1.54, 1.807) is 24.1 Å². The fourth-order valence-corrected chi connectivity index (χ4v) is 4.36. The molecule has 33 heavy (non-hydrogen) atoms. The number of hydrogen-bond donors (Lipinski definition) is 0. The van der Waals surface area contributed by atoms with Crippen molar-refractivity contribution in [3.05, 3.63) is 74.1 Å². The van der Waals surface area contributed by atoms with Crippen molar-refractivity contribution in [1.82, 2.24) is 4.90 Å². The number of rotatable bonds is 9. The summed E-state index contributed by atoms with van der Waals surface area (Å²) in [5.74, 6) is 0.518. The molecule has 0 aliphatic carbocycles. The molecule has 0 saturated heterocycles. The Labute approximate surface area is 198 Å². The first kappa shape index (κ1) is 23.3. The van der Waals surface area contributed by atoms with E-state index < -0.39 is 6.04 Å². The van der Waals surface area contributed by atoms with Crippen LogP contribution in [0.25, 0.3) is 11.0 Å². The van der Waals surface area contributed by atoms with Crippen molar-refractivity contribution in [3.8, 4) is 5.75 Å². The molecule has 174 valence electrons. The Morgan fingerprint density at radius 1 is 1.09 bits per heavy atom. The van der Waals surface area contributed by atoms with Crippen LogP contribution >= 0.6 is 11.6 Å². The number of ether oxygens (including phenoxy) is 2. The second-order valence-electron chi connectivity index (χ2n) is 8.29. The predicted molar refractivity (Wildman–Crippen MR) is 128 cm³/mol. The quantitative estimate of drug-likeness (QED) is 0.386. The van der Waals surface area contributed by atoms with Crippen molar-refractivity contribution < 1.29 is 18.7 Å². The molecule has 1 aliphatic heterocycles. The number of methoxy groups -OCH3 is 1. The molecule has 2 heterocycles. The normalized spacial score (nSPS) is 15.3. The number of unbranched alkanes of at least 4 members (excludes halogenated alkanes) is 2. The van der Waals surface area contributed by atoms with Crippen molar-refractivity contribution in [3.63, 3.8) is 0 Å². The van der Waals surface area contributed by atoms with Gasteiger partial charge < -0.3 is 18.8 Å². The maximum Gasteiger partial charge on any atom is 0.290 e. The monoisotopic (exact) mass is 469 g/mol. The van der Waals surface area contributed by atoms with E-state index in [2.05, 4.69) is 6.92 Å². The Morgan fingerprint density at radius 3 is 2.55 bits per heavy atom. The summed E-state index contributed by atoms with van der Waals surface area (Å²) in [7, 11) is 1.58. The zero-order valence-electron chi connectivity index (χ0n) is 19.2. The highest BCUT2D eigenvalue weighted by Crippen LogP contribution is 2.39. The Balaban J connectivity index is 1.76. The third kappa shape index (κ3) is 4.50. The smallest absolute Gasteiger partial charge is 0.290 e. The van der Waals surface area contributed by atoms with Gasteiger partial charge in [-0.1, -0.05) is 43.5 Å². The summed E-state index contributed by atoms with van der Waals surface area (Å²) < 4.78 is 17.0. The highest BCUT2D eigenvalue weighted by atomic mass is 35.5. The van der Waals surface area contributed by atoms with Crippen LogP contribution < -0.4 is 10.2 Å². The van der Waals surface area contributed by atoms with E-state index >= 15 is 0 Å². The zero-order chi connectivity index (χ0) is 23.5. The first-order valence-corrected chi connectivity index (χ1v) is 11.6. The number of aryl methyl sites for hydroxylation is 1. The molecule has 1 aliphatic rings. The van der Waals surface area contributed by atoms with Crippen LogP contribution in [-0.2, 0) is 4.74 Å². The van der Waals surface area contributed by atoms with E-state index in [9.17, 15) is 9.59 Å². The van der Waals surface area contributed by atoms with Gasteiger partial charge >= 0.3 is 0 Å². The molecule has 0 fully saturated rings. The van der Waals surface area contributed by atoms with E-state index in [1.165, 1.54) is 0 Å². The van der Waals surface area contributed by atoms with E-state index in [0.717, 1.165) is 36.1 Å². The molecule has 1 amide bonds. The van der Waals surface area contributed by atoms with Gasteiger partial charge in [-0.25, -0.2) is 0 Å². The standard InChI is InChI=1S/C26H28ClNO5/c1-4-5-6-12-32-18-9-7-17(8-10-18)23-22-24(29)19-15-20(27)16(2)14-21(19)33-25(22)26(30)28(23)11-13-31-3/h7-10,14-15,23H,4-6,11-13H2,1-3H3. The first-order chi connectivity index (χ1) is 16.0. The summed E-state index contributed by atoms with van der Waals surface area (Å²) >= 11 is 6.28. The number of carbonyl (C=O) groups is 1. The minimum Gasteiger partial charge on any atom is -0.494 e. The number of benzene rings is 2. The Morgan fingerprint density at radius 2 is 1.85 bits per heavy atom. The van der Waals surface area contributed by atoms with Crippen molar-refractivity contribution >= 4 is 28.5 Å². The van der Waals surface area contributed by atoms with Gasteiger partial charge in [-0.2, -0.15) is 0 Å². The lowest BCUT2D eigenvalue weighted by Gasteiger charge is -2.25. The van der Waals surface area contributed by atoms with E-state index in [4.69, 9.17) is 25.5 Å². The van der Waals surface area contributed by atoms with E-state index in [-0.39, 0.29) is 17.1 Å². The second-order valence-corrected chi connectivity index (χ2v) is 8.70. The van der Waals surface area contributed by atoms with Crippen LogP contribution in [0.1, 0.15) is 59.5 Å². The summed E-state index contributed by atoms with van der Waals surface area (Å²) in [6.07, 6.45) is 3.27. The van der Waals surface area contributed by atoms with Gasteiger partial charge in [-0.3, -0.25) is 9.59 Å². The van der Waals surface area contributed by atoms with Gasteiger partial charge in [-0.05, 0) is 48.7 Å². The molecule has 7 heteroatoms. The summed E-state index contributed by atoms with van der Waals surface area (Å²) in [6, 6.07) is 10.3. The average molecular weight is 470 g/mol. The fourth-order valence-electron chi connectivity index (χ4n) is 4.20. The lowest BCUT2D eigenvalue weighted by Crippen LogP contribution is -2.32. The molecule has 4 rings (SSSR count). The van der Waals surface area contributed by atoms with Crippen molar-refractivity contribution in [2.45, 2.75) is 39.2 Å². The van der Waals surface area contributed by atoms with Crippen LogP contribution in [0.5, 0.6) is 5.75 Å². The maximum atomic E-state index is 13.5. The maximum absolute atomic E-state index is 13.5. The highest BCUT2D eigenvalue weighted by molar-refractivity contribution is 6.32. The number of nitrogens with zero attached hydrogens (tertiary/aromatic N) is 1. The molecular formula is C26H28ClNO5. The molecule has 0 N–H and O–H groups in total. The lowest BCUT2D eigenvalue weighted by molar-refractivity contribution is 0.0663. The van der Waals surface area contributed by atoms with Crippen LogP contribution in [0, 0.1) is 6.92 Å². The summed E-state index contributed by atoms with van der Waals surface area (Å²) in [5.41, 5.74) is 2.03. The van der Waals surface area contributed by atoms with Crippen LogP contribution in [0.4, 0.5) is 0 Å². The van der Waals surface area contributed by atoms with Gasteiger partial charge in [0.05, 0.1) is 30.2 Å². The molecular weight excluding hydrogens is 442 g/mol. The molecule has 0 spiro atoms. The van der Waals surface area contributed by atoms with Crippen LogP contribution in [-0.4, -0.2) is 37.7 Å². The van der Waals surface area contributed by atoms with Crippen molar-refractivity contribution in [2.24, 2.45) is 0 Å². The zero-order valence-corrected chi connectivity index (χ0v) is 19.9. The van der Waals surface area contributed by atoms with Gasteiger partial charge in [0.1, 0.15) is 11.3 Å². The minimum absolute atomic E-state index is 0.0789. The van der Waals surface area contributed by atoms with Crippen molar-refractivity contribution in [1.29, 1.82) is 0 Å². The molecule has 0 bridgehead atoms. The number of fused-ring (bicyclic) bond motifs is 2. The Hall–Kier alpha value is -2.83. The number of hydrogen-bond acceptors (Lipinski definition) is 5. The summed E-state index contributed by atoms with van der Waals surface area (Å²) in [4.78, 5) is 28.5. The first-order valence-electron chi connectivity index (χ1n) is 11.3. The number of carbonyl (C=O) groups excluding carboxylic acids is 1. The Bertz CT molecular complexity index is 1220. The largest absolute Gasteiger partial charge is 0.494 e. The third-order valence-corrected chi connectivity index (χ3v) is 6.40. The molecule has 2 aromatic carbocycles. The Kier molecular flexibility index (Phi) is 7.05. The highest BCUT2D eigenvalue weighted by Gasteiger charge is 2.42. The SMILES string of the molecule is CCCCCOc1ccc(C2c3c(oc4cc(C)c(Cl)cc4c3=O)C(=O)N2CCOC)cc1. The van der Waals surface area contributed by atoms with Gasteiger partial charge in [0.15, 0.2) is 5.43 Å². The van der Waals surface area contributed by atoms with E-state index in [1.807, 2.05) is 31.2 Å². The topological polar surface area (TPSA) is 69.0 Å². The summed E-state index contributed by atoms with van der Waals surface area (Å²) in [6.45, 7) is 5.31. The van der Waals surface area contributed by atoms with E-state index in [0.29, 0.717) is 41.3 Å². The minimum atomic E-state index is -0.572. The fraction of sp³-hybridized carbons (Fsp3) is 0.385. The van der Waals surface area contributed by atoms with Crippen LogP contribution in [0.3, 0.4) is 0 Å². The number of amides is 1. The van der Waals surface area contributed by atoms with Crippen LogP contribution in [0.15, 0.2) is 45.6 Å². The predicted octanol–water partition coefficient (Wildman–Crippen LogP) is 5.52. The molecule has 6 nitrogen and oxygen atoms in total. The van der Waals surface area contributed by atoms with Gasteiger partial charge in [0.2, 0.25) is 5.76 Å². The average Bonchev–Trinajstić information content (AvgIpc) is 3.09. The summed E-state index contributed by atoms with van der Waals surface area (Å²) in [5, 5.41) is 0.850. The lowest BCUT2D eigenvalue weighted by atomic mass is 9.98. The van der Waals surface area contributed by atoms with Gasteiger partial charge in [0, 0.05) is 18.7 Å². The van der Waals surface area contributed by atoms with Crippen LogP contribution in [0.2, 0.25) is 5.02 Å². The molecule has 3 aromatic rings. The molecule has 1 unspecified atom stereocenters. The van der Waals surface area contributed by atoms with Gasteiger partial charge in [0.25, 0.3) is 5.91 Å². The number of halogens is 1. The molecule has 0 saturated carbocycles. The molecule has 1 atom stereocenters. The van der Waals surface area contributed by atoms with Gasteiger partial charge in [-0.15, -0.1) is 0 Å². The molecule has 1 aromatic heterocycles.